The van der Waals surface area contributed by atoms with Gasteiger partial charge in [0.25, 0.3) is 5.91 Å². The molecule has 0 spiro atoms. The normalized spacial score (nSPS) is 13.7. The SMILES string of the molecule is O=C(COc1ccc(Nc2ccccc2)cc1)O[C@H](C(=O)NC1CC1)c1ccccc1. The molecule has 1 atom stereocenters. The average Bonchev–Trinajstić information content (AvgIpc) is 3.62. The molecule has 0 unspecified atom stereocenters. The molecule has 1 aliphatic carbocycles. The largest absolute Gasteiger partial charge is 0.482 e. The molecule has 0 radical (unpaired) electrons. The Bertz CT molecular complexity index is 1000. The highest BCUT2D eigenvalue weighted by atomic mass is 16.6. The van der Waals surface area contributed by atoms with Crippen LogP contribution in [0, 0.1) is 0 Å². The van der Waals surface area contributed by atoms with Gasteiger partial charge in [-0.05, 0) is 49.2 Å². The molecule has 6 nitrogen and oxygen atoms in total. The lowest BCUT2D eigenvalue weighted by atomic mass is 10.1. The van der Waals surface area contributed by atoms with Crippen LogP contribution in [0.5, 0.6) is 5.75 Å². The van der Waals surface area contributed by atoms with Crippen molar-refractivity contribution in [1.82, 2.24) is 5.32 Å². The Hall–Kier alpha value is -3.80. The lowest BCUT2D eigenvalue weighted by molar-refractivity contribution is -0.158. The molecule has 1 saturated carbocycles. The van der Waals surface area contributed by atoms with Crippen molar-refractivity contribution in [2.45, 2.75) is 25.0 Å². The van der Waals surface area contributed by atoms with Crippen LogP contribution >= 0.6 is 0 Å². The molecule has 0 aromatic heterocycles. The first-order valence-corrected chi connectivity index (χ1v) is 10.3. The van der Waals surface area contributed by atoms with Crippen LogP contribution in [-0.2, 0) is 14.3 Å². The highest BCUT2D eigenvalue weighted by Gasteiger charge is 2.30. The molecule has 4 rings (SSSR count). The molecule has 0 bridgehead atoms. The minimum Gasteiger partial charge on any atom is -0.482 e. The molecule has 1 aliphatic rings. The van der Waals surface area contributed by atoms with Gasteiger partial charge in [0.2, 0.25) is 6.10 Å². The third-order valence-electron chi connectivity index (χ3n) is 4.79. The molecular formula is C25H24N2O4. The van der Waals surface area contributed by atoms with Crippen LogP contribution in [0.1, 0.15) is 24.5 Å². The summed E-state index contributed by atoms with van der Waals surface area (Å²) in [6, 6.07) is 26.3. The summed E-state index contributed by atoms with van der Waals surface area (Å²) in [4.78, 5) is 24.9. The second-order valence-electron chi connectivity index (χ2n) is 7.37. The fraction of sp³-hybridized carbons (Fsp3) is 0.200. The van der Waals surface area contributed by atoms with Crippen molar-refractivity contribution in [3.05, 3.63) is 90.5 Å². The first-order valence-electron chi connectivity index (χ1n) is 10.3. The van der Waals surface area contributed by atoms with Crippen molar-refractivity contribution >= 4 is 23.3 Å². The zero-order chi connectivity index (χ0) is 21.5. The van der Waals surface area contributed by atoms with E-state index in [1.165, 1.54) is 0 Å². The van der Waals surface area contributed by atoms with Gasteiger partial charge in [-0.15, -0.1) is 0 Å². The van der Waals surface area contributed by atoms with E-state index >= 15 is 0 Å². The molecule has 1 amide bonds. The number of carbonyl (C=O) groups is 2. The second kappa shape index (κ2) is 9.80. The summed E-state index contributed by atoms with van der Waals surface area (Å²) in [5.41, 5.74) is 2.52. The maximum Gasteiger partial charge on any atom is 0.345 e. The zero-order valence-corrected chi connectivity index (χ0v) is 17.0. The summed E-state index contributed by atoms with van der Waals surface area (Å²) in [6.45, 7) is -0.286. The Kier molecular flexibility index (Phi) is 6.47. The number of esters is 1. The van der Waals surface area contributed by atoms with Gasteiger partial charge in [0.1, 0.15) is 5.75 Å². The first kappa shape index (κ1) is 20.5. The number of benzene rings is 3. The van der Waals surface area contributed by atoms with Gasteiger partial charge in [-0.1, -0.05) is 48.5 Å². The van der Waals surface area contributed by atoms with E-state index in [-0.39, 0.29) is 18.6 Å². The van der Waals surface area contributed by atoms with Crippen LogP contribution in [0.2, 0.25) is 0 Å². The second-order valence-corrected chi connectivity index (χ2v) is 7.37. The summed E-state index contributed by atoms with van der Waals surface area (Å²) in [5.74, 6) is -0.376. The number of amides is 1. The summed E-state index contributed by atoms with van der Waals surface area (Å²) in [7, 11) is 0. The Morgan fingerprint density at radius 2 is 1.45 bits per heavy atom. The standard InChI is InChI=1S/C25H24N2O4/c28-23(31-24(18-7-3-1-4-8-18)25(29)27-21-11-12-21)17-30-22-15-13-20(14-16-22)26-19-9-5-2-6-10-19/h1-10,13-16,21,24,26H,11-12,17H2,(H,27,29)/t24-/m0/s1. The van der Waals surface area contributed by atoms with Crippen LogP contribution in [0.25, 0.3) is 0 Å². The van der Waals surface area contributed by atoms with Gasteiger partial charge in [-0.25, -0.2) is 4.79 Å². The topological polar surface area (TPSA) is 76.7 Å². The predicted molar refractivity (Wildman–Crippen MR) is 118 cm³/mol. The summed E-state index contributed by atoms with van der Waals surface area (Å²) < 4.78 is 11.0. The Balaban J connectivity index is 1.32. The van der Waals surface area contributed by atoms with E-state index < -0.39 is 12.1 Å². The van der Waals surface area contributed by atoms with Crippen LogP contribution < -0.4 is 15.4 Å². The number of ether oxygens (including phenoxy) is 2. The third-order valence-corrected chi connectivity index (χ3v) is 4.79. The molecule has 31 heavy (non-hydrogen) atoms. The van der Waals surface area contributed by atoms with E-state index in [4.69, 9.17) is 9.47 Å². The number of hydrogen-bond donors (Lipinski definition) is 2. The van der Waals surface area contributed by atoms with E-state index in [0.717, 1.165) is 24.2 Å². The molecule has 0 saturated heterocycles. The number of rotatable bonds is 9. The number of hydrogen-bond acceptors (Lipinski definition) is 5. The monoisotopic (exact) mass is 416 g/mol. The van der Waals surface area contributed by atoms with E-state index in [9.17, 15) is 9.59 Å². The lowest BCUT2D eigenvalue weighted by Gasteiger charge is -2.18. The lowest BCUT2D eigenvalue weighted by Crippen LogP contribution is -2.34. The van der Waals surface area contributed by atoms with E-state index in [1.54, 1.807) is 24.3 Å². The van der Waals surface area contributed by atoms with Crippen molar-refractivity contribution in [1.29, 1.82) is 0 Å². The quantitative estimate of drug-likeness (QED) is 0.507. The fourth-order valence-corrected chi connectivity index (χ4v) is 3.04. The molecule has 1 fully saturated rings. The maximum atomic E-state index is 12.6. The third kappa shape index (κ3) is 6.09. The van der Waals surface area contributed by atoms with Gasteiger partial charge in [-0.2, -0.15) is 0 Å². The fourth-order valence-electron chi connectivity index (χ4n) is 3.04. The predicted octanol–water partition coefficient (Wildman–Crippen LogP) is 4.37. The van der Waals surface area contributed by atoms with Crippen LogP contribution in [0.3, 0.4) is 0 Å². The van der Waals surface area contributed by atoms with Crippen LogP contribution in [0.15, 0.2) is 84.9 Å². The van der Waals surface area contributed by atoms with Crippen molar-refractivity contribution in [2.24, 2.45) is 0 Å². The smallest absolute Gasteiger partial charge is 0.345 e. The maximum absolute atomic E-state index is 12.6. The van der Waals surface area contributed by atoms with Gasteiger partial charge in [0.05, 0.1) is 0 Å². The molecule has 3 aromatic rings. The van der Waals surface area contributed by atoms with Crippen LogP contribution in [-0.4, -0.2) is 24.5 Å². The molecule has 2 N–H and O–H groups in total. The van der Waals surface area contributed by atoms with Crippen molar-refractivity contribution in [3.8, 4) is 5.75 Å². The molecule has 0 heterocycles. The summed E-state index contributed by atoms with van der Waals surface area (Å²) in [6.07, 6.45) is 0.925. The molecule has 3 aromatic carbocycles. The van der Waals surface area contributed by atoms with E-state index in [0.29, 0.717) is 11.3 Å². The van der Waals surface area contributed by atoms with E-state index in [2.05, 4.69) is 10.6 Å². The Labute approximate surface area is 181 Å². The molecular weight excluding hydrogens is 392 g/mol. The first-order chi connectivity index (χ1) is 15.2. The molecule has 158 valence electrons. The number of para-hydroxylation sites is 1. The number of anilines is 2. The van der Waals surface area contributed by atoms with Gasteiger partial charge in [-0.3, -0.25) is 4.79 Å². The van der Waals surface area contributed by atoms with Gasteiger partial charge >= 0.3 is 5.97 Å². The Morgan fingerprint density at radius 3 is 2.10 bits per heavy atom. The number of carbonyl (C=O) groups excluding carboxylic acids is 2. The highest BCUT2D eigenvalue weighted by Crippen LogP contribution is 2.24. The van der Waals surface area contributed by atoms with Crippen molar-refractivity contribution in [3.63, 3.8) is 0 Å². The van der Waals surface area contributed by atoms with Gasteiger partial charge in [0.15, 0.2) is 6.61 Å². The molecule has 6 heteroatoms. The van der Waals surface area contributed by atoms with Crippen molar-refractivity contribution < 1.29 is 19.1 Å². The molecule has 0 aliphatic heterocycles. The van der Waals surface area contributed by atoms with Gasteiger partial charge < -0.3 is 20.1 Å². The van der Waals surface area contributed by atoms with E-state index in [1.807, 2.05) is 60.7 Å². The van der Waals surface area contributed by atoms with Crippen LogP contribution in [0.4, 0.5) is 11.4 Å². The minimum absolute atomic E-state index is 0.177. The summed E-state index contributed by atoms with van der Waals surface area (Å²) in [5, 5.41) is 6.18. The minimum atomic E-state index is -0.990. The average molecular weight is 416 g/mol. The number of nitrogens with one attached hydrogen (secondary N) is 2. The van der Waals surface area contributed by atoms with Crippen molar-refractivity contribution in [2.75, 3.05) is 11.9 Å². The zero-order valence-electron chi connectivity index (χ0n) is 17.0. The highest BCUT2D eigenvalue weighted by molar-refractivity contribution is 5.85. The van der Waals surface area contributed by atoms with Gasteiger partial charge in [0, 0.05) is 23.0 Å². The Morgan fingerprint density at radius 1 is 0.839 bits per heavy atom. The summed E-state index contributed by atoms with van der Waals surface area (Å²) >= 11 is 0.